The first kappa shape index (κ1) is 16.7. The standard InChI is InChI=1S/C22H19NO2S/c24-22(11-6-14-26-17-7-2-1-3-8-17)23-16-12-13-21-19(15-16)18-9-4-5-10-20(18)25-21/h1-5,7-10,12-13,15H,6,11,14H2,(H,23,24). The Morgan fingerprint density at radius 1 is 0.885 bits per heavy atom. The summed E-state index contributed by atoms with van der Waals surface area (Å²) in [6.45, 7) is 0. The summed E-state index contributed by atoms with van der Waals surface area (Å²) in [4.78, 5) is 13.5. The molecule has 1 aromatic heterocycles. The number of carbonyl (C=O) groups is 1. The molecule has 0 atom stereocenters. The number of thioether (sulfide) groups is 1. The number of nitrogens with one attached hydrogen (secondary N) is 1. The van der Waals surface area contributed by atoms with Gasteiger partial charge in [0.05, 0.1) is 0 Å². The maximum absolute atomic E-state index is 12.2. The number of para-hydroxylation sites is 1. The van der Waals surface area contributed by atoms with Gasteiger partial charge in [-0.25, -0.2) is 0 Å². The molecule has 0 radical (unpaired) electrons. The molecule has 3 nitrogen and oxygen atoms in total. The molecule has 0 aliphatic heterocycles. The van der Waals surface area contributed by atoms with Crippen LogP contribution in [0.1, 0.15) is 12.8 Å². The molecule has 1 amide bonds. The molecule has 4 aromatic rings. The minimum Gasteiger partial charge on any atom is -0.456 e. The average molecular weight is 361 g/mol. The van der Waals surface area contributed by atoms with E-state index in [-0.39, 0.29) is 5.91 Å². The maximum Gasteiger partial charge on any atom is 0.224 e. The molecular formula is C22H19NO2S. The summed E-state index contributed by atoms with van der Waals surface area (Å²) in [5.41, 5.74) is 2.51. The Bertz CT molecular complexity index is 1040. The highest BCUT2D eigenvalue weighted by molar-refractivity contribution is 7.99. The van der Waals surface area contributed by atoms with Crippen LogP contribution in [-0.2, 0) is 4.79 Å². The van der Waals surface area contributed by atoms with Crippen molar-refractivity contribution in [1.29, 1.82) is 0 Å². The molecule has 0 bridgehead atoms. The summed E-state index contributed by atoms with van der Waals surface area (Å²) in [5, 5.41) is 5.09. The van der Waals surface area contributed by atoms with Gasteiger partial charge in [-0.15, -0.1) is 11.8 Å². The summed E-state index contributed by atoms with van der Waals surface area (Å²) in [7, 11) is 0. The fourth-order valence-corrected chi connectivity index (χ4v) is 3.84. The van der Waals surface area contributed by atoms with E-state index in [0.29, 0.717) is 6.42 Å². The second-order valence-electron chi connectivity index (χ2n) is 6.12. The Hall–Kier alpha value is -2.72. The van der Waals surface area contributed by atoms with Crippen molar-refractivity contribution in [2.75, 3.05) is 11.1 Å². The van der Waals surface area contributed by atoms with Crippen molar-refractivity contribution in [1.82, 2.24) is 0 Å². The molecule has 0 saturated carbocycles. The summed E-state index contributed by atoms with van der Waals surface area (Å²) in [6, 6.07) is 24.0. The molecule has 1 heterocycles. The van der Waals surface area contributed by atoms with Crippen molar-refractivity contribution >= 4 is 45.3 Å². The molecule has 0 unspecified atom stereocenters. The Morgan fingerprint density at radius 2 is 1.65 bits per heavy atom. The first-order valence-electron chi connectivity index (χ1n) is 8.68. The van der Waals surface area contributed by atoms with E-state index >= 15 is 0 Å². The molecule has 0 saturated heterocycles. The van der Waals surface area contributed by atoms with Crippen molar-refractivity contribution in [2.24, 2.45) is 0 Å². The minimum atomic E-state index is 0.0470. The van der Waals surface area contributed by atoms with E-state index in [1.807, 2.05) is 60.7 Å². The molecule has 26 heavy (non-hydrogen) atoms. The minimum absolute atomic E-state index is 0.0470. The zero-order valence-electron chi connectivity index (χ0n) is 14.3. The van der Waals surface area contributed by atoms with Gasteiger partial charge in [0, 0.05) is 27.8 Å². The quantitative estimate of drug-likeness (QED) is 0.333. The van der Waals surface area contributed by atoms with Gasteiger partial charge in [0.1, 0.15) is 11.2 Å². The van der Waals surface area contributed by atoms with E-state index in [0.717, 1.165) is 39.8 Å². The lowest BCUT2D eigenvalue weighted by Crippen LogP contribution is -2.11. The summed E-state index contributed by atoms with van der Waals surface area (Å²) in [5.74, 6) is 0.980. The van der Waals surface area contributed by atoms with Gasteiger partial charge >= 0.3 is 0 Å². The summed E-state index contributed by atoms with van der Waals surface area (Å²) >= 11 is 1.78. The molecule has 4 heteroatoms. The van der Waals surface area contributed by atoms with Crippen LogP contribution in [0.4, 0.5) is 5.69 Å². The van der Waals surface area contributed by atoms with Gasteiger partial charge in [0.15, 0.2) is 0 Å². The van der Waals surface area contributed by atoms with Crippen molar-refractivity contribution in [2.45, 2.75) is 17.7 Å². The average Bonchev–Trinajstić information content (AvgIpc) is 3.04. The topological polar surface area (TPSA) is 42.2 Å². The van der Waals surface area contributed by atoms with Gasteiger partial charge < -0.3 is 9.73 Å². The lowest BCUT2D eigenvalue weighted by molar-refractivity contribution is -0.116. The number of furan rings is 1. The second-order valence-corrected chi connectivity index (χ2v) is 7.29. The molecule has 0 spiro atoms. The summed E-state index contributed by atoms with van der Waals surface area (Å²) in [6.07, 6.45) is 1.37. The largest absolute Gasteiger partial charge is 0.456 e. The lowest BCUT2D eigenvalue weighted by Gasteiger charge is -2.05. The van der Waals surface area contributed by atoms with Crippen LogP contribution in [0.3, 0.4) is 0 Å². The van der Waals surface area contributed by atoms with E-state index in [2.05, 4.69) is 17.4 Å². The number of fused-ring (bicyclic) bond motifs is 3. The summed E-state index contributed by atoms with van der Waals surface area (Å²) < 4.78 is 5.82. The molecule has 130 valence electrons. The third-order valence-electron chi connectivity index (χ3n) is 4.22. The third-order valence-corrected chi connectivity index (χ3v) is 5.32. The van der Waals surface area contributed by atoms with Gasteiger partial charge in [-0.1, -0.05) is 36.4 Å². The Balaban J connectivity index is 1.36. The number of carbonyl (C=O) groups excluding carboxylic acids is 1. The van der Waals surface area contributed by atoms with E-state index in [1.54, 1.807) is 11.8 Å². The van der Waals surface area contributed by atoms with Crippen molar-refractivity contribution in [3.05, 3.63) is 72.8 Å². The van der Waals surface area contributed by atoms with Crippen LogP contribution in [0.5, 0.6) is 0 Å². The predicted molar refractivity (Wildman–Crippen MR) is 109 cm³/mol. The van der Waals surface area contributed by atoms with Crippen LogP contribution in [0.15, 0.2) is 82.1 Å². The number of benzene rings is 3. The fraction of sp³-hybridized carbons (Fsp3) is 0.136. The fourth-order valence-electron chi connectivity index (χ4n) is 2.97. The first-order valence-corrected chi connectivity index (χ1v) is 9.67. The molecular weight excluding hydrogens is 342 g/mol. The van der Waals surface area contributed by atoms with Crippen molar-refractivity contribution in [3.63, 3.8) is 0 Å². The highest BCUT2D eigenvalue weighted by atomic mass is 32.2. The molecule has 4 rings (SSSR count). The molecule has 0 aliphatic carbocycles. The Morgan fingerprint density at radius 3 is 2.54 bits per heavy atom. The van der Waals surface area contributed by atoms with Crippen molar-refractivity contribution < 1.29 is 9.21 Å². The van der Waals surface area contributed by atoms with E-state index in [4.69, 9.17) is 4.42 Å². The third kappa shape index (κ3) is 3.75. The van der Waals surface area contributed by atoms with Gasteiger partial charge in [0.25, 0.3) is 0 Å². The lowest BCUT2D eigenvalue weighted by atomic mass is 10.1. The van der Waals surface area contributed by atoms with E-state index in [1.165, 1.54) is 4.90 Å². The van der Waals surface area contributed by atoms with Crippen LogP contribution in [0.2, 0.25) is 0 Å². The first-order chi connectivity index (χ1) is 12.8. The SMILES string of the molecule is O=C(CCCSc1ccccc1)Nc1ccc2oc3ccccc3c2c1. The predicted octanol–water partition coefficient (Wildman–Crippen LogP) is 6.10. The zero-order valence-corrected chi connectivity index (χ0v) is 15.1. The number of amides is 1. The van der Waals surface area contributed by atoms with Crippen LogP contribution < -0.4 is 5.32 Å². The second kappa shape index (κ2) is 7.67. The van der Waals surface area contributed by atoms with Crippen LogP contribution >= 0.6 is 11.8 Å². The Labute approximate surface area is 156 Å². The zero-order chi connectivity index (χ0) is 17.8. The van der Waals surface area contributed by atoms with Gasteiger partial charge in [-0.05, 0) is 48.6 Å². The molecule has 0 aliphatic rings. The van der Waals surface area contributed by atoms with Crippen molar-refractivity contribution in [3.8, 4) is 0 Å². The normalized spacial score (nSPS) is 11.1. The highest BCUT2D eigenvalue weighted by Crippen LogP contribution is 2.30. The number of anilines is 1. The van der Waals surface area contributed by atoms with Crippen LogP contribution in [0, 0.1) is 0 Å². The molecule has 3 aromatic carbocycles. The number of hydrogen-bond donors (Lipinski definition) is 1. The highest BCUT2D eigenvalue weighted by Gasteiger charge is 2.08. The van der Waals surface area contributed by atoms with Crippen LogP contribution in [0.25, 0.3) is 21.9 Å². The number of rotatable bonds is 6. The van der Waals surface area contributed by atoms with Crippen LogP contribution in [-0.4, -0.2) is 11.7 Å². The molecule has 0 fully saturated rings. The molecule has 1 N–H and O–H groups in total. The van der Waals surface area contributed by atoms with Gasteiger partial charge in [0.2, 0.25) is 5.91 Å². The van der Waals surface area contributed by atoms with E-state index < -0.39 is 0 Å². The maximum atomic E-state index is 12.2. The van der Waals surface area contributed by atoms with E-state index in [9.17, 15) is 4.79 Å². The van der Waals surface area contributed by atoms with Gasteiger partial charge in [-0.3, -0.25) is 4.79 Å². The Kier molecular flexibility index (Phi) is 4.93. The van der Waals surface area contributed by atoms with Gasteiger partial charge in [-0.2, -0.15) is 0 Å². The monoisotopic (exact) mass is 361 g/mol. The number of hydrogen-bond acceptors (Lipinski definition) is 3. The smallest absolute Gasteiger partial charge is 0.224 e.